The van der Waals surface area contributed by atoms with E-state index in [9.17, 15) is 0 Å². The molecule has 0 atom stereocenters. The van der Waals surface area contributed by atoms with Gasteiger partial charge in [-0.1, -0.05) is 48.5 Å². The van der Waals surface area contributed by atoms with Crippen molar-refractivity contribution in [3.8, 4) is 11.1 Å². The Kier molecular flexibility index (Phi) is 2.26. The first-order valence-corrected chi connectivity index (χ1v) is 7.71. The highest BCUT2D eigenvalue weighted by Crippen LogP contribution is 2.42. The molecule has 0 unspecified atom stereocenters. The van der Waals surface area contributed by atoms with Gasteiger partial charge in [0, 0.05) is 18.0 Å². The molecule has 0 fully saturated rings. The highest BCUT2D eigenvalue weighted by atomic mass is 14.7. The molecule has 0 spiro atoms. The van der Waals surface area contributed by atoms with E-state index < -0.39 is 0 Å². The fourth-order valence-corrected chi connectivity index (χ4v) is 3.83. The number of benzene rings is 3. The van der Waals surface area contributed by atoms with Crippen molar-refractivity contribution in [3.05, 3.63) is 77.5 Å². The van der Waals surface area contributed by atoms with Gasteiger partial charge in [0.2, 0.25) is 0 Å². The Morgan fingerprint density at radius 1 is 0.864 bits per heavy atom. The summed E-state index contributed by atoms with van der Waals surface area (Å²) in [4.78, 5) is 4.79. The zero-order valence-electron chi connectivity index (χ0n) is 12.4. The molecule has 5 rings (SSSR count). The quantitative estimate of drug-likeness (QED) is 0.352. The van der Waals surface area contributed by atoms with Crippen molar-refractivity contribution in [1.82, 2.24) is 4.98 Å². The maximum atomic E-state index is 4.79. The number of nitrogens with zero attached hydrogens (tertiary/aromatic N) is 1. The first-order chi connectivity index (χ1) is 10.8. The molecule has 1 aliphatic carbocycles. The van der Waals surface area contributed by atoms with Gasteiger partial charge in [-0.05, 0) is 51.6 Å². The summed E-state index contributed by atoms with van der Waals surface area (Å²) in [5.41, 5.74) is 7.93. The van der Waals surface area contributed by atoms with Gasteiger partial charge in [-0.25, -0.2) is 0 Å². The largest absolute Gasteiger partial charge is 0.256 e. The smallest absolute Gasteiger partial charge is 0.0743 e. The molecular weight excluding hydrogens is 266 g/mol. The van der Waals surface area contributed by atoms with E-state index in [0.717, 1.165) is 11.9 Å². The molecule has 0 bridgehead atoms. The highest BCUT2D eigenvalue weighted by Gasteiger charge is 2.21. The summed E-state index contributed by atoms with van der Waals surface area (Å²) in [6.45, 7) is 2.19. The summed E-state index contributed by atoms with van der Waals surface area (Å²) in [5, 5.41) is 3.89. The van der Waals surface area contributed by atoms with Crippen LogP contribution in [0.2, 0.25) is 0 Å². The first kappa shape index (κ1) is 11.9. The van der Waals surface area contributed by atoms with E-state index in [1.807, 2.05) is 0 Å². The van der Waals surface area contributed by atoms with Crippen molar-refractivity contribution in [1.29, 1.82) is 0 Å². The fraction of sp³-hybridized carbons (Fsp3) is 0.0952. The third-order valence-electron chi connectivity index (χ3n) is 4.88. The Morgan fingerprint density at radius 2 is 1.68 bits per heavy atom. The van der Waals surface area contributed by atoms with E-state index in [1.54, 1.807) is 0 Å². The zero-order chi connectivity index (χ0) is 14.7. The minimum Gasteiger partial charge on any atom is -0.256 e. The molecule has 0 saturated carbocycles. The van der Waals surface area contributed by atoms with Crippen molar-refractivity contribution >= 4 is 21.7 Å². The van der Waals surface area contributed by atoms with Gasteiger partial charge in [-0.3, -0.25) is 4.98 Å². The molecule has 0 radical (unpaired) electrons. The molecule has 0 saturated heterocycles. The van der Waals surface area contributed by atoms with Crippen molar-refractivity contribution in [2.75, 3.05) is 0 Å². The van der Waals surface area contributed by atoms with Crippen LogP contribution in [-0.2, 0) is 6.42 Å². The molecule has 4 aromatic rings. The molecule has 22 heavy (non-hydrogen) atoms. The molecule has 104 valence electrons. The van der Waals surface area contributed by atoms with Crippen LogP contribution in [0.5, 0.6) is 0 Å². The molecule has 1 nitrogen and oxygen atoms in total. The van der Waals surface area contributed by atoms with Crippen molar-refractivity contribution in [2.24, 2.45) is 0 Å². The summed E-state index contributed by atoms with van der Waals surface area (Å²) in [7, 11) is 0. The summed E-state index contributed by atoms with van der Waals surface area (Å²) < 4.78 is 0. The second-order valence-electron chi connectivity index (χ2n) is 6.11. The van der Waals surface area contributed by atoms with Gasteiger partial charge in [0.15, 0.2) is 0 Å². The van der Waals surface area contributed by atoms with Crippen LogP contribution in [0.15, 0.2) is 60.8 Å². The lowest BCUT2D eigenvalue weighted by Crippen LogP contribution is -1.91. The molecule has 0 amide bonds. The minimum atomic E-state index is 1.00. The molecule has 1 heteroatoms. The second-order valence-corrected chi connectivity index (χ2v) is 6.11. The van der Waals surface area contributed by atoms with Gasteiger partial charge in [0.25, 0.3) is 0 Å². The van der Waals surface area contributed by atoms with Crippen molar-refractivity contribution in [2.45, 2.75) is 13.3 Å². The number of aromatic nitrogens is 1. The lowest BCUT2D eigenvalue weighted by Gasteiger charge is -2.11. The van der Waals surface area contributed by atoms with Crippen LogP contribution in [0.3, 0.4) is 0 Å². The van der Waals surface area contributed by atoms with Gasteiger partial charge in [-0.2, -0.15) is 0 Å². The van der Waals surface area contributed by atoms with Crippen LogP contribution >= 0.6 is 0 Å². The second kappa shape index (κ2) is 4.17. The number of pyridine rings is 1. The summed E-state index contributed by atoms with van der Waals surface area (Å²) in [6, 6.07) is 19.6. The number of fused-ring (bicyclic) bond motifs is 6. The molecule has 1 heterocycles. The third-order valence-corrected chi connectivity index (χ3v) is 4.88. The average molecular weight is 281 g/mol. The Bertz CT molecular complexity index is 1060. The minimum absolute atomic E-state index is 1.00. The Hall–Kier alpha value is -2.67. The van der Waals surface area contributed by atoms with Crippen LogP contribution in [0.4, 0.5) is 0 Å². The van der Waals surface area contributed by atoms with Crippen LogP contribution in [0.25, 0.3) is 32.8 Å². The van der Waals surface area contributed by atoms with E-state index in [0.29, 0.717) is 0 Å². The first-order valence-electron chi connectivity index (χ1n) is 7.71. The lowest BCUT2D eigenvalue weighted by molar-refractivity contribution is 1.22. The molecule has 0 aliphatic heterocycles. The zero-order valence-corrected chi connectivity index (χ0v) is 12.4. The van der Waals surface area contributed by atoms with E-state index in [2.05, 4.69) is 67.7 Å². The summed E-state index contributed by atoms with van der Waals surface area (Å²) >= 11 is 0. The van der Waals surface area contributed by atoms with Gasteiger partial charge < -0.3 is 0 Å². The number of rotatable bonds is 0. The van der Waals surface area contributed by atoms with Crippen LogP contribution in [0, 0.1) is 6.92 Å². The summed E-state index contributed by atoms with van der Waals surface area (Å²) in [6.07, 6.45) is 3.07. The van der Waals surface area contributed by atoms with Gasteiger partial charge in [0.1, 0.15) is 0 Å². The predicted octanol–water partition coefficient (Wildman–Crippen LogP) is 5.27. The summed E-state index contributed by atoms with van der Waals surface area (Å²) in [5.74, 6) is 0. The number of hydrogen-bond acceptors (Lipinski definition) is 1. The van der Waals surface area contributed by atoms with E-state index in [-0.39, 0.29) is 0 Å². The van der Waals surface area contributed by atoms with E-state index in [1.165, 1.54) is 44.0 Å². The van der Waals surface area contributed by atoms with Gasteiger partial charge in [-0.15, -0.1) is 0 Å². The maximum Gasteiger partial charge on any atom is 0.0743 e. The third kappa shape index (κ3) is 1.46. The van der Waals surface area contributed by atoms with Crippen LogP contribution in [-0.4, -0.2) is 4.98 Å². The molecule has 1 aliphatic rings. The Balaban J connectivity index is 1.99. The standard InChI is InChI=1S/C21H15N/c1-13-17-8-4-2-7-15(17)11-19-20-16(12-22-21(13)19)10-14-6-3-5-9-18(14)20/h2-9,11-12H,10H2,1H3. The number of aryl methyl sites for hydroxylation is 1. The topological polar surface area (TPSA) is 12.9 Å². The Morgan fingerprint density at radius 3 is 2.64 bits per heavy atom. The molecule has 3 aromatic carbocycles. The van der Waals surface area contributed by atoms with Gasteiger partial charge in [0.05, 0.1) is 5.52 Å². The Labute approximate surface area is 129 Å². The normalized spacial score (nSPS) is 12.6. The lowest BCUT2D eigenvalue weighted by atomic mass is 9.95. The molecular formula is C21H15N. The average Bonchev–Trinajstić information content (AvgIpc) is 2.94. The van der Waals surface area contributed by atoms with Gasteiger partial charge >= 0.3 is 0 Å². The molecule has 1 aromatic heterocycles. The molecule has 0 N–H and O–H groups in total. The van der Waals surface area contributed by atoms with Crippen LogP contribution in [0.1, 0.15) is 16.7 Å². The fourth-order valence-electron chi connectivity index (χ4n) is 3.83. The van der Waals surface area contributed by atoms with E-state index >= 15 is 0 Å². The van der Waals surface area contributed by atoms with Crippen LogP contribution < -0.4 is 0 Å². The van der Waals surface area contributed by atoms with Crippen molar-refractivity contribution in [3.63, 3.8) is 0 Å². The predicted molar refractivity (Wildman–Crippen MR) is 92.2 cm³/mol. The highest BCUT2D eigenvalue weighted by molar-refractivity contribution is 6.08. The monoisotopic (exact) mass is 281 g/mol. The van der Waals surface area contributed by atoms with E-state index in [4.69, 9.17) is 4.98 Å². The SMILES string of the molecule is Cc1c2ccccc2cc2c3c(cnc12)Cc1ccccc1-3. The number of hydrogen-bond donors (Lipinski definition) is 0. The van der Waals surface area contributed by atoms with Crippen molar-refractivity contribution < 1.29 is 0 Å². The maximum absolute atomic E-state index is 4.79.